The third kappa shape index (κ3) is 6.68. The zero-order valence-electron chi connectivity index (χ0n) is 16.7. The van der Waals surface area contributed by atoms with E-state index in [4.69, 9.17) is 0 Å². The van der Waals surface area contributed by atoms with E-state index in [2.05, 4.69) is 59.1 Å². The minimum Gasteiger partial charge on any atom is -0.351 e. The fourth-order valence-electron chi connectivity index (χ4n) is 3.36. The van der Waals surface area contributed by atoms with E-state index in [1.54, 1.807) is 0 Å². The minimum atomic E-state index is -0.390. The predicted molar refractivity (Wildman–Crippen MR) is 97.1 cm³/mol. The number of rotatable bonds is 9. The Morgan fingerprint density at radius 2 is 1.27 bits per heavy atom. The predicted octanol–water partition coefficient (Wildman–Crippen LogP) is 4.51. The molecule has 0 aromatic heterocycles. The lowest BCUT2D eigenvalue weighted by atomic mass is 9.73. The van der Waals surface area contributed by atoms with Gasteiger partial charge in [0.15, 0.2) is 0 Å². The molecule has 2 N–H and O–H groups in total. The van der Waals surface area contributed by atoms with Crippen LogP contribution in [0.25, 0.3) is 0 Å². The van der Waals surface area contributed by atoms with Crippen molar-refractivity contribution in [2.24, 2.45) is 10.8 Å². The van der Waals surface area contributed by atoms with Crippen molar-refractivity contribution in [3.05, 3.63) is 0 Å². The molecular weight excluding hydrogens is 272 g/mol. The van der Waals surface area contributed by atoms with Crippen LogP contribution in [0.4, 0.5) is 0 Å². The number of hydrogen-bond donors (Lipinski definition) is 2. The zero-order chi connectivity index (χ0) is 17.8. The summed E-state index contributed by atoms with van der Waals surface area (Å²) in [6.45, 7) is 19.4. The van der Waals surface area contributed by atoms with Gasteiger partial charge in [-0.2, -0.15) is 0 Å². The van der Waals surface area contributed by atoms with Crippen molar-refractivity contribution in [1.82, 2.24) is 10.6 Å². The molecule has 0 spiro atoms. The van der Waals surface area contributed by atoms with Gasteiger partial charge in [-0.25, -0.2) is 0 Å². The quantitative estimate of drug-likeness (QED) is 0.657. The first-order valence-corrected chi connectivity index (χ1v) is 8.74. The summed E-state index contributed by atoms with van der Waals surface area (Å²) in [5.41, 5.74) is -0.338. The molecule has 0 rings (SSSR count). The number of nitrogens with one attached hydrogen (secondary N) is 2. The summed E-state index contributed by atoms with van der Waals surface area (Å²) in [6.07, 6.45) is 4.08. The summed E-state index contributed by atoms with van der Waals surface area (Å²) >= 11 is 0. The van der Waals surface area contributed by atoms with Gasteiger partial charge in [-0.05, 0) is 53.0 Å². The molecule has 0 aliphatic rings. The first-order chi connectivity index (χ1) is 9.72. The third-order valence-corrected chi connectivity index (χ3v) is 5.20. The van der Waals surface area contributed by atoms with Gasteiger partial charge in [0.25, 0.3) is 0 Å². The number of hydrogen-bond acceptors (Lipinski definition) is 2. The maximum atomic E-state index is 12.8. The van der Waals surface area contributed by atoms with Gasteiger partial charge in [-0.15, -0.1) is 0 Å². The Balaban J connectivity index is 4.95. The normalized spacial score (nSPS) is 14.1. The van der Waals surface area contributed by atoms with E-state index in [9.17, 15) is 4.79 Å². The highest BCUT2D eigenvalue weighted by atomic mass is 16.2. The Morgan fingerprint density at radius 1 is 0.818 bits per heavy atom. The van der Waals surface area contributed by atoms with Gasteiger partial charge in [0.2, 0.25) is 5.91 Å². The molecule has 0 fully saturated rings. The lowest BCUT2D eigenvalue weighted by molar-refractivity contribution is -0.132. The van der Waals surface area contributed by atoms with Gasteiger partial charge in [-0.1, -0.05) is 47.5 Å². The zero-order valence-corrected chi connectivity index (χ0v) is 16.7. The van der Waals surface area contributed by atoms with Gasteiger partial charge < -0.3 is 10.6 Å². The van der Waals surface area contributed by atoms with Crippen LogP contribution >= 0.6 is 0 Å². The highest BCUT2D eigenvalue weighted by Crippen LogP contribution is 2.36. The molecule has 22 heavy (non-hydrogen) atoms. The number of amides is 1. The van der Waals surface area contributed by atoms with Crippen molar-refractivity contribution in [3.63, 3.8) is 0 Å². The van der Waals surface area contributed by atoms with Crippen molar-refractivity contribution < 1.29 is 4.79 Å². The van der Waals surface area contributed by atoms with Crippen molar-refractivity contribution in [2.75, 3.05) is 7.05 Å². The summed E-state index contributed by atoms with van der Waals surface area (Å²) in [7, 11) is 1.95. The summed E-state index contributed by atoms with van der Waals surface area (Å²) in [5.74, 6) is 0.149. The second-order valence-electron chi connectivity index (χ2n) is 9.23. The largest absolute Gasteiger partial charge is 0.351 e. The van der Waals surface area contributed by atoms with E-state index in [0.717, 1.165) is 25.7 Å². The molecule has 3 nitrogen and oxygen atoms in total. The molecule has 3 heteroatoms. The molecule has 0 atom stereocenters. The lowest BCUT2D eigenvalue weighted by Crippen LogP contribution is -2.53. The Hall–Kier alpha value is -0.570. The summed E-state index contributed by atoms with van der Waals surface area (Å²) < 4.78 is 0. The van der Waals surface area contributed by atoms with Crippen molar-refractivity contribution in [3.8, 4) is 0 Å². The van der Waals surface area contributed by atoms with Crippen molar-refractivity contribution in [1.29, 1.82) is 0 Å². The fourth-order valence-corrected chi connectivity index (χ4v) is 3.36. The molecule has 0 aliphatic heterocycles. The molecule has 0 heterocycles. The summed E-state index contributed by atoms with van der Waals surface area (Å²) in [5, 5.41) is 6.59. The minimum absolute atomic E-state index is 0.0493. The first kappa shape index (κ1) is 21.4. The maximum absolute atomic E-state index is 12.8. The SMILES string of the molecule is CCC(C)(CC)CC(C)(C)NC(=O)C(C)(C)CC(C)(C)NC. The number of carbonyl (C=O) groups excluding carboxylic acids is 1. The highest BCUT2D eigenvalue weighted by molar-refractivity contribution is 5.82. The van der Waals surface area contributed by atoms with Crippen LogP contribution in [0.2, 0.25) is 0 Å². The van der Waals surface area contributed by atoms with Gasteiger partial charge in [0, 0.05) is 16.5 Å². The van der Waals surface area contributed by atoms with Gasteiger partial charge in [0.05, 0.1) is 0 Å². The molecule has 0 aromatic rings. The molecule has 0 aliphatic carbocycles. The second kappa shape index (κ2) is 7.33. The lowest BCUT2D eigenvalue weighted by Gasteiger charge is -2.40. The molecule has 0 aromatic carbocycles. The Bertz CT molecular complexity index is 366. The molecule has 1 amide bonds. The van der Waals surface area contributed by atoms with Crippen LogP contribution in [0, 0.1) is 10.8 Å². The van der Waals surface area contributed by atoms with E-state index in [1.807, 2.05) is 20.9 Å². The molecule has 132 valence electrons. The van der Waals surface area contributed by atoms with Crippen LogP contribution in [0.5, 0.6) is 0 Å². The van der Waals surface area contributed by atoms with E-state index < -0.39 is 5.41 Å². The maximum Gasteiger partial charge on any atom is 0.226 e. The van der Waals surface area contributed by atoms with Gasteiger partial charge in [0.1, 0.15) is 0 Å². The topological polar surface area (TPSA) is 41.1 Å². The second-order valence-corrected chi connectivity index (χ2v) is 9.23. The summed E-state index contributed by atoms with van der Waals surface area (Å²) in [4.78, 5) is 12.8. The van der Waals surface area contributed by atoms with Crippen LogP contribution in [-0.4, -0.2) is 24.0 Å². The molecule has 0 saturated heterocycles. The van der Waals surface area contributed by atoms with E-state index in [-0.39, 0.29) is 22.4 Å². The average molecular weight is 313 g/mol. The molecule has 0 unspecified atom stereocenters. The Kier molecular flexibility index (Phi) is 7.14. The average Bonchev–Trinajstić information content (AvgIpc) is 2.36. The van der Waals surface area contributed by atoms with E-state index >= 15 is 0 Å². The van der Waals surface area contributed by atoms with Crippen molar-refractivity contribution in [2.45, 2.75) is 99.1 Å². The van der Waals surface area contributed by atoms with Crippen LogP contribution in [-0.2, 0) is 4.79 Å². The van der Waals surface area contributed by atoms with Crippen molar-refractivity contribution >= 4 is 5.91 Å². The van der Waals surface area contributed by atoms with Crippen LogP contribution in [0.3, 0.4) is 0 Å². The van der Waals surface area contributed by atoms with E-state index in [1.165, 1.54) is 0 Å². The standard InChI is InChI=1S/C19H40N2O/c1-11-19(9,12-2)14-18(7,8)21-15(22)16(3,4)13-17(5,6)20-10/h20H,11-14H2,1-10H3,(H,21,22). The third-order valence-electron chi connectivity index (χ3n) is 5.20. The van der Waals surface area contributed by atoms with Gasteiger partial charge >= 0.3 is 0 Å². The van der Waals surface area contributed by atoms with Gasteiger partial charge in [-0.3, -0.25) is 4.79 Å². The fraction of sp³-hybridized carbons (Fsp3) is 0.947. The summed E-state index contributed by atoms with van der Waals surface area (Å²) in [6, 6.07) is 0. The monoisotopic (exact) mass is 312 g/mol. The first-order valence-electron chi connectivity index (χ1n) is 8.74. The molecule has 0 radical (unpaired) electrons. The molecular formula is C19H40N2O. The van der Waals surface area contributed by atoms with Crippen LogP contribution < -0.4 is 10.6 Å². The molecule has 0 saturated carbocycles. The Labute approximate surface area is 139 Å². The smallest absolute Gasteiger partial charge is 0.226 e. The Morgan fingerprint density at radius 3 is 1.64 bits per heavy atom. The molecule has 0 bridgehead atoms. The van der Waals surface area contributed by atoms with Crippen LogP contribution in [0.1, 0.15) is 88.0 Å². The van der Waals surface area contributed by atoms with Crippen LogP contribution in [0.15, 0.2) is 0 Å². The highest BCUT2D eigenvalue weighted by Gasteiger charge is 2.38. The number of carbonyl (C=O) groups is 1. The van der Waals surface area contributed by atoms with E-state index in [0.29, 0.717) is 0 Å².